The Morgan fingerprint density at radius 2 is 2.00 bits per heavy atom. The Hall–Kier alpha value is -1.90. The highest BCUT2D eigenvalue weighted by Crippen LogP contribution is 2.23. The first kappa shape index (κ1) is 15.5. The van der Waals surface area contributed by atoms with Gasteiger partial charge in [0.1, 0.15) is 12.0 Å². The molecule has 8 heteroatoms. The van der Waals surface area contributed by atoms with Gasteiger partial charge < -0.3 is 9.29 Å². The molecular weight excluding hydrogens is 312 g/mol. The standard InChI is InChI=1S/C13H12N2O4S2/c1-9(16)19-11-5-3-10(4-6-11)12(17)15(21(2)18)13-14-7-8-20-13/h3-8H,1-2H3. The number of amides is 1. The van der Waals surface area contributed by atoms with Crippen LogP contribution in [0.15, 0.2) is 35.8 Å². The molecular formula is C13H12N2O4S2. The lowest BCUT2D eigenvalue weighted by Gasteiger charge is -2.18. The highest BCUT2D eigenvalue weighted by Gasteiger charge is 2.28. The Morgan fingerprint density at radius 3 is 2.48 bits per heavy atom. The molecule has 110 valence electrons. The first-order chi connectivity index (χ1) is 9.99. The van der Waals surface area contributed by atoms with Crippen LogP contribution >= 0.6 is 11.3 Å². The number of carbonyl (C=O) groups excluding carboxylic acids is 2. The van der Waals surface area contributed by atoms with Gasteiger partial charge in [0.2, 0.25) is 5.13 Å². The molecule has 1 aromatic carbocycles. The molecule has 2 aromatic rings. The number of ether oxygens (including phenoxy) is 1. The van der Waals surface area contributed by atoms with Gasteiger partial charge in [-0.05, 0) is 24.3 Å². The Kier molecular flexibility index (Phi) is 4.94. The molecule has 0 bridgehead atoms. The molecule has 0 saturated heterocycles. The van der Waals surface area contributed by atoms with Gasteiger partial charge in [-0.15, -0.1) is 11.3 Å². The molecule has 21 heavy (non-hydrogen) atoms. The van der Waals surface area contributed by atoms with Crippen molar-refractivity contribution in [3.8, 4) is 5.75 Å². The van der Waals surface area contributed by atoms with Crippen molar-refractivity contribution in [2.75, 3.05) is 10.6 Å². The van der Waals surface area contributed by atoms with Crippen molar-refractivity contribution in [3.63, 3.8) is 0 Å². The number of aromatic nitrogens is 1. The fourth-order valence-corrected chi connectivity index (χ4v) is 3.17. The molecule has 1 amide bonds. The quantitative estimate of drug-likeness (QED) is 0.488. The normalized spacial score (nSPS) is 11.8. The molecule has 0 saturated carbocycles. The van der Waals surface area contributed by atoms with Gasteiger partial charge in [0.05, 0.1) is 11.4 Å². The maximum absolute atomic E-state index is 12.4. The summed E-state index contributed by atoms with van der Waals surface area (Å²) in [5.74, 6) is -0.522. The summed E-state index contributed by atoms with van der Waals surface area (Å²) in [6, 6.07) is 6.03. The first-order valence-corrected chi connectivity index (χ1v) is 8.24. The summed E-state index contributed by atoms with van der Waals surface area (Å²) in [4.78, 5) is 27.3. The van der Waals surface area contributed by atoms with Crippen molar-refractivity contribution in [2.45, 2.75) is 6.92 Å². The smallest absolute Gasteiger partial charge is 0.308 e. The molecule has 0 spiro atoms. The Morgan fingerprint density at radius 1 is 1.33 bits per heavy atom. The minimum atomic E-state index is -1.53. The van der Waals surface area contributed by atoms with Crippen LogP contribution < -0.4 is 9.04 Å². The average Bonchev–Trinajstić information content (AvgIpc) is 2.92. The zero-order chi connectivity index (χ0) is 15.4. The summed E-state index contributed by atoms with van der Waals surface area (Å²) in [6.45, 7) is 1.30. The zero-order valence-corrected chi connectivity index (χ0v) is 12.9. The number of hydrogen-bond acceptors (Lipinski definition) is 6. The van der Waals surface area contributed by atoms with Gasteiger partial charge in [-0.2, -0.15) is 0 Å². The van der Waals surface area contributed by atoms with E-state index in [2.05, 4.69) is 4.98 Å². The van der Waals surface area contributed by atoms with Crippen molar-refractivity contribution in [2.24, 2.45) is 0 Å². The second kappa shape index (κ2) is 6.70. The van der Waals surface area contributed by atoms with Gasteiger partial charge in [-0.3, -0.25) is 9.59 Å². The van der Waals surface area contributed by atoms with E-state index in [1.165, 1.54) is 55.0 Å². The molecule has 0 fully saturated rings. The van der Waals surface area contributed by atoms with Gasteiger partial charge in [0.15, 0.2) is 0 Å². The van der Waals surface area contributed by atoms with Gasteiger partial charge in [0.25, 0.3) is 0 Å². The van der Waals surface area contributed by atoms with E-state index in [9.17, 15) is 14.1 Å². The number of carbonyl (C=O) groups is 2. The Bertz CT molecular complexity index is 626. The molecule has 1 atom stereocenters. The highest BCUT2D eigenvalue weighted by atomic mass is 32.2. The van der Waals surface area contributed by atoms with Crippen molar-refractivity contribution >= 4 is 39.7 Å². The number of esters is 1. The van der Waals surface area contributed by atoms with E-state index in [0.717, 1.165) is 4.31 Å². The fraction of sp³-hybridized carbons (Fsp3) is 0.154. The van der Waals surface area contributed by atoms with Crippen molar-refractivity contribution in [1.29, 1.82) is 0 Å². The van der Waals surface area contributed by atoms with Crippen molar-refractivity contribution in [1.82, 2.24) is 4.98 Å². The molecule has 1 unspecified atom stereocenters. The SMILES string of the molecule is CC(=O)Oc1ccc(C(=O)N(c2nccs2)[S+](C)[O-])cc1. The minimum Gasteiger partial charge on any atom is -0.593 e. The maximum Gasteiger partial charge on any atom is 0.308 e. The van der Waals surface area contributed by atoms with Crippen molar-refractivity contribution in [3.05, 3.63) is 41.4 Å². The van der Waals surface area contributed by atoms with Gasteiger partial charge in [-0.25, -0.2) is 4.98 Å². The van der Waals surface area contributed by atoms with E-state index in [4.69, 9.17) is 4.74 Å². The van der Waals surface area contributed by atoms with E-state index in [-0.39, 0.29) is 0 Å². The topological polar surface area (TPSA) is 82.6 Å². The number of rotatable bonds is 4. The number of benzene rings is 1. The first-order valence-electron chi connectivity index (χ1n) is 5.85. The molecule has 0 N–H and O–H groups in total. The minimum absolute atomic E-state index is 0.330. The number of thiazole rings is 1. The lowest BCUT2D eigenvalue weighted by molar-refractivity contribution is -0.131. The number of nitrogens with zero attached hydrogens (tertiary/aromatic N) is 2. The lowest BCUT2D eigenvalue weighted by Crippen LogP contribution is -2.36. The molecule has 0 aliphatic rings. The van der Waals surface area contributed by atoms with Crippen LogP contribution in [0.1, 0.15) is 17.3 Å². The summed E-state index contributed by atoms with van der Waals surface area (Å²) in [5.41, 5.74) is 0.330. The third-order valence-electron chi connectivity index (χ3n) is 2.40. The Labute approximate surface area is 128 Å². The summed E-state index contributed by atoms with van der Waals surface area (Å²) >= 11 is -0.306. The Balaban J connectivity index is 2.23. The molecule has 2 rings (SSSR count). The fourth-order valence-electron chi connectivity index (χ4n) is 1.58. The molecule has 1 heterocycles. The van der Waals surface area contributed by atoms with E-state index in [0.29, 0.717) is 16.4 Å². The van der Waals surface area contributed by atoms with Crippen LogP contribution in [0.4, 0.5) is 5.13 Å². The zero-order valence-electron chi connectivity index (χ0n) is 11.3. The van der Waals surface area contributed by atoms with E-state index in [1.807, 2.05) is 0 Å². The van der Waals surface area contributed by atoms with Crippen LogP contribution in [0.2, 0.25) is 0 Å². The molecule has 0 aliphatic heterocycles. The van der Waals surface area contributed by atoms with Crippen LogP contribution in [0.25, 0.3) is 0 Å². The van der Waals surface area contributed by atoms with E-state index >= 15 is 0 Å². The third kappa shape index (κ3) is 3.81. The lowest BCUT2D eigenvalue weighted by atomic mass is 10.2. The molecule has 0 aliphatic carbocycles. The van der Waals surface area contributed by atoms with E-state index < -0.39 is 23.2 Å². The van der Waals surface area contributed by atoms with Crippen LogP contribution in [0, 0.1) is 0 Å². The average molecular weight is 324 g/mol. The molecule has 0 radical (unpaired) electrons. The maximum atomic E-state index is 12.4. The summed E-state index contributed by atoms with van der Waals surface area (Å²) in [7, 11) is 0. The highest BCUT2D eigenvalue weighted by molar-refractivity contribution is 7.93. The van der Waals surface area contributed by atoms with Gasteiger partial charge in [0, 0.05) is 24.1 Å². The predicted molar refractivity (Wildman–Crippen MR) is 80.7 cm³/mol. The summed E-state index contributed by atoms with van der Waals surface area (Å²) in [5, 5.41) is 2.07. The van der Waals surface area contributed by atoms with Gasteiger partial charge >= 0.3 is 11.9 Å². The third-order valence-corrected chi connectivity index (χ3v) is 4.12. The van der Waals surface area contributed by atoms with Crippen LogP contribution in [0.5, 0.6) is 5.75 Å². The number of anilines is 1. The van der Waals surface area contributed by atoms with Crippen molar-refractivity contribution < 1.29 is 18.9 Å². The van der Waals surface area contributed by atoms with E-state index in [1.54, 1.807) is 5.38 Å². The number of hydrogen-bond donors (Lipinski definition) is 0. The van der Waals surface area contributed by atoms with Gasteiger partial charge in [-0.1, -0.05) is 4.31 Å². The molecule has 1 aromatic heterocycles. The second-order valence-corrected chi connectivity index (χ2v) is 6.04. The second-order valence-electron chi connectivity index (χ2n) is 3.96. The van der Waals surface area contributed by atoms with Crippen LogP contribution in [0.3, 0.4) is 0 Å². The largest absolute Gasteiger partial charge is 0.593 e. The van der Waals surface area contributed by atoms with Crippen LogP contribution in [-0.4, -0.2) is 27.7 Å². The summed E-state index contributed by atoms with van der Waals surface area (Å²) in [6.07, 6.45) is 2.95. The van der Waals surface area contributed by atoms with Crippen LogP contribution in [-0.2, 0) is 16.2 Å². The monoisotopic (exact) mass is 324 g/mol. The predicted octanol–water partition coefficient (Wildman–Crippen LogP) is 2.01. The molecule has 6 nitrogen and oxygen atoms in total. The summed E-state index contributed by atoms with van der Waals surface area (Å²) < 4.78 is 17.8.